The number of anilines is 1. The van der Waals surface area contributed by atoms with E-state index in [0.717, 1.165) is 5.56 Å². The third-order valence-electron chi connectivity index (χ3n) is 3.29. The molecule has 1 aliphatic rings. The summed E-state index contributed by atoms with van der Waals surface area (Å²) in [5.74, 6) is 0.273. The zero-order chi connectivity index (χ0) is 16.1. The number of rotatable bonds is 3. The van der Waals surface area contributed by atoms with Crippen LogP contribution in [0.5, 0.6) is 5.75 Å². The molecule has 0 spiro atoms. The normalized spacial score (nSPS) is 16.3. The van der Waals surface area contributed by atoms with Crippen molar-refractivity contribution in [3.8, 4) is 5.75 Å². The quantitative estimate of drug-likeness (QED) is 0.913. The Hall–Kier alpha value is -3.02. The second kappa shape index (κ2) is 6.83. The van der Waals surface area contributed by atoms with E-state index in [2.05, 4.69) is 10.6 Å². The smallest absolute Gasteiger partial charge is 0.410 e. The summed E-state index contributed by atoms with van der Waals surface area (Å²) in [6, 6.07) is 16.4. The van der Waals surface area contributed by atoms with E-state index in [1.165, 1.54) is 0 Å². The average molecular weight is 312 g/mol. The molecule has 118 valence electrons. The average Bonchev–Trinajstić information content (AvgIpc) is 2.71. The molecule has 2 N–H and O–H groups in total. The molecule has 0 aromatic heterocycles. The monoisotopic (exact) mass is 312 g/mol. The fourth-order valence-electron chi connectivity index (χ4n) is 2.21. The largest absolute Gasteiger partial charge is 0.468 e. The number of hydrogen-bond donors (Lipinski definition) is 2. The lowest BCUT2D eigenvalue weighted by molar-refractivity contribution is -0.117. The second-order valence-corrected chi connectivity index (χ2v) is 5.06. The molecule has 1 atom stereocenters. The van der Waals surface area contributed by atoms with Crippen LogP contribution in [0.15, 0.2) is 54.6 Å². The summed E-state index contributed by atoms with van der Waals surface area (Å²) in [4.78, 5) is 23.7. The summed E-state index contributed by atoms with van der Waals surface area (Å²) in [5.41, 5.74) is 1.46. The van der Waals surface area contributed by atoms with E-state index in [1.54, 1.807) is 24.3 Å². The van der Waals surface area contributed by atoms with E-state index in [1.807, 2.05) is 30.3 Å². The molecule has 0 radical (unpaired) electrons. The van der Waals surface area contributed by atoms with Crippen molar-refractivity contribution >= 4 is 17.7 Å². The van der Waals surface area contributed by atoms with E-state index < -0.39 is 12.3 Å². The van der Waals surface area contributed by atoms with Crippen LogP contribution in [-0.2, 0) is 16.1 Å². The Bertz CT molecular complexity index is 703. The maximum absolute atomic E-state index is 11.9. The molecule has 0 saturated heterocycles. The lowest BCUT2D eigenvalue weighted by atomic mass is 10.2. The van der Waals surface area contributed by atoms with Crippen LogP contribution in [-0.4, -0.2) is 18.2 Å². The number of para-hydroxylation sites is 2. The van der Waals surface area contributed by atoms with Gasteiger partial charge < -0.3 is 14.8 Å². The maximum Gasteiger partial charge on any atom is 0.410 e. The van der Waals surface area contributed by atoms with Crippen LogP contribution in [0.4, 0.5) is 10.5 Å². The number of hydrogen-bond acceptors (Lipinski definition) is 4. The van der Waals surface area contributed by atoms with Crippen molar-refractivity contribution in [2.24, 2.45) is 0 Å². The van der Waals surface area contributed by atoms with E-state index in [4.69, 9.17) is 9.47 Å². The van der Waals surface area contributed by atoms with Gasteiger partial charge in [-0.3, -0.25) is 10.1 Å². The molecule has 2 amide bonds. The molecule has 6 heteroatoms. The van der Waals surface area contributed by atoms with Crippen molar-refractivity contribution in [3.63, 3.8) is 0 Å². The van der Waals surface area contributed by atoms with Gasteiger partial charge in [0.2, 0.25) is 5.91 Å². The van der Waals surface area contributed by atoms with Crippen molar-refractivity contribution in [2.75, 3.05) is 5.32 Å². The first-order valence-corrected chi connectivity index (χ1v) is 7.23. The Balaban J connectivity index is 1.59. The first kappa shape index (κ1) is 14.9. The first-order valence-electron chi connectivity index (χ1n) is 7.23. The zero-order valence-corrected chi connectivity index (χ0v) is 12.3. The molecule has 0 unspecified atom stereocenters. The van der Waals surface area contributed by atoms with Gasteiger partial charge in [0.15, 0.2) is 6.23 Å². The number of benzene rings is 2. The van der Waals surface area contributed by atoms with Crippen LogP contribution in [0.3, 0.4) is 0 Å². The highest BCUT2D eigenvalue weighted by Gasteiger charge is 2.24. The maximum atomic E-state index is 11.9. The molecule has 2 aromatic carbocycles. The topological polar surface area (TPSA) is 76.7 Å². The van der Waals surface area contributed by atoms with Gasteiger partial charge in [-0.05, 0) is 17.7 Å². The minimum absolute atomic E-state index is 0.00904. The van der Waals surface area contributed by atoms with Gasteiger partial charge in [-0.25, -0.2) is 4.79 Å². The Morgan fingerprint density at radius 2 is 1.91 bits per heavy atom. The zero-order valence-electron chi connectivity index (χ0n) is 12.3. The van der Waals surface area contributed by atoms with Crippen molar-refractivity contribution < 1.29 is 19.1 Å². The third kappa shape index (κ3) is 4.00. The van der Waals surface area contributed by atoms with Crippen molar-refractivity contribution in [3.05, 3.63) is 60.2 Å². The van der Waals surface area contributed by atoms with Crippen LogP contribution in [0.1, 0.15) is 12.0 Å². The molecule has 2 aromatic rings. The first-order chi connectivity index (χ1) is 11.2. The van der Waals surface area contributed by atoms with Crippen molar-refractivity contribution in [1.29, 1.82) is 0 Å². The molecule has 3 rings (SSSR count). The van der Waals surface area contributed by atoms with Crippen molar-refractivity contribution in [1.82, 2.24) is 5.32 Å². The molecule has 0 fully saturated rings. The third-order valence-corrected chi connectivity index (χ3v) is 3.29. The lowest BCUT2D eigenvalue weighted by Crippen LogP contribution is -2.40. The SMILES string of the molecule is O=C1C[C@@H](NC(=O)OCc2ccccc2)Oc2ccccc2N1. The number of fused-ring (bicyclic) bond motifs is 1. The van der Waals surface area contributed by atoms with Gasteiger partial charge in [0.05, 0.1) is 12.1 Å². The standard InChI is InChI=1S/C17H16N2O4/c20-15-10-16(23-14-9-5-4-8-13(14)18-15)19-17(21)22-11-12-6-2-1-3-7-12/h1-9,16H,10-11H2,(H,18,20)(H,19,21)/t16-/m0/s1. The molecular formula is C17H16N2O4. The molecule has 1 heterocycles. The molecule has 0 aliphatic carbocycles. The molecule has 23 heavy (non-hydrogen) atoms. The highest BCUT2D eigenvalue weighted by Crippen LogP contribution is 2.27. The summed E-state index contributed by atoms with van der Waals surface area (Å²) in [6.07, 6.45) is -1.40. The van der Waals surface area contributed by atoms with Gasteiger partial charge in [0.1, 0.15) is 12.4 Å². The number of nitrogens with one attached hydrogen (secondary N) is 2. The van der Waals surface area contributed by atoms with E-state index in [0.29, 0.717) is 11.4 Å². The molecule has 1 aliphatic heterocycles. The Morgan fingerprint density at radius 3 is 2.74 bits per heavy atom. The molecule has 0 saturated carbocycles. The fourth-order valence-corrected chi connectivity index (χ4v) is 2.21. The van der Waals surface area contributed by atoms with Crippen LogP contribution in [0, 0.1) is 0 Å². The molecular weight excluding hydrogens is 296 g/mol. The molecule has 0 bridgehead atoms. The lowest BCUT2D eigenvalue weighted by Gasteiger charge is -2.17. The van der Waals surface area contributed by atoms with Gasteiger partial charge in [0.25, 0.3) is 0 Å². The summed E-state index contributed by atoms with van der Waals surface area (Å²) in [7, 11) is 0. The van der Waals surface area contributed by atoms with Crippen LogP contribution in [0.25, 0.3) is 0 Å². The Labute approximate surface area is 133 Å². The van der Waals surface area contributed by atoms with Gasteiger partial charge in [-0.1, -0.05) is 42.5 Å². The Kier molecular flexibility index (Phi) is 4.42. The highest BCUT2D eigenvalue weighted by atomic mass is 16.6. The minimum atomic E-state index is -0.776. The predicted molar refractivity (Wildman–Crippen MR) is 83.9 cm³/mol. The Morgan fingerprint density at radius 1 is 1.17 bits per heavy atom. The van der Waals surface area contributed by atoms with Crippen molar-refractivity contribution in [2.45, 2.75) is 19.3 Å². The van der Waals surface area contributed by atoms with Crippen LogP contribution < -0.4 is 15.4 Å². The summed E-state index contributed by atoms with van der Waals surface area (Å²) >= 11 is 0. The predicted octanol–water partition coefficient (Wildman–Crippen LogP) is 2.66. The fraction of sp³-hybridized carbons (Fsp3) is 0.176. The summed E-state index contributed by atoms with van der Waals surface area (Å²) < 4.78 is 10.8. The van der Waals surface area contributed by atoms with Crippen LogP contribution in [0.2, 0.25) is 0 Å². The van der Waals surface area contributed by atoms with Gasteiger partial charge in [-0.15, -0.1) is 0 Å². The number of alkyl carbamates (subject to hydrolysis) is 1. The van der Waals surface area contributed by atoms with Gasteiger partial charge in [-0.2, -0.15) is 0 Å². The number of carbonyl (C=O) groups is 2. The van der Waals surface area contributed by atoms with Gasteiger partial charge >= 0.3 is 6.09 Å². The number of carbonyl (C=O) groups excluding carboxylic acids is 2. The second-order valence-electron chi connectivity index (χ2n) is 5.06. The summed E-state index contributed by atoms with van der Waals surface area (Å²) in [5, 5.41) is 5.28. The highest BCUT2D eigenvalue weighted by molar-refractivity contribution is 5.93. The number of ether oxygens (including phenoxy) is 2. The van der Waals surface area contributed by atoms with E-state index >= 15 is 0 Å². The van der Waals surface area contributed by atoms with E-state index in [-0.39, 0.29) is 18.9 Å². The summed E-state index contributed by atoms with van der Waals surface area (Å²) in [6.45, 7) is 0.155. The molecule has 6 nitrogen and oxygen atoms in total. The van der Waals surface area contributed by atoms with Gasteiger partial charge in [0, 0.05) is 0 Å². The number of amides is 2. The van der Waals surface area contributed by atoms with Crippen LogP contribution >= 0.6 is 0 Å². The minimum Gasteiger partial charge on any atom is -0.468 e. The van der Waals surface area contributed by atoms with E-state index in [9.17, 15) is 9.59 Å².